The first-order valence-electron chi connectivity index (χ1n) is 4.70. The highest BCUT2D eigenvalue weighted by atomic mass is 79.9. The number of thioether (sulfide) groups is 1. The molecule has 0 saturated carbocycles. The van der Waals surface area contributed by atoms with Gasteiger partial charge in [-0.05, 0) is 28.1 Å². The van der Waals surface area contributed by atoms with Crippen molar-refractivity contribution in [1.29, 1.82) is 0 Å². The highest BCUT2D eigenvalue weighted by Crippen LogP contribution is 2.30. The van der Waals surface area contributed by atoms with Gasteiger partial charge in [0.15, 0.2) is 0 Å². The van der Waals surface area contributed by atoms with Crippen LogP contribution in [0, 0.1) is 5.82 Å². The van der Waals surface area contributed by atoms with Gasteiger partial charge in [-0.3, -0.25) is 4.79 Å². The topological polar surface area (TPSA) is 76.2 Å². The molecule has 94 valence electrons. The maximum atomic E-state index is 13.3. The fourth-order valence-corrected chi connectivity index (χ4v) is 2.09. The van der Waals surface area contributed by atoms with E-state index in [9.17, 15) is 9.18 Å². The number of hydrogen-bond donors (Lipinski definition) is 1. The number of aliphatic carboxylic acids is 1. The molecule has 0 aliphatic heterocycles. The summed E-state index contributed by atoms with van der Waals surface area (Å²) in [5, 5.41) is 16.1. The van der Waals surface area contributed by atoms with Crippen molar-refractivity contribution in [2.75, 3.05) is 5.75 Å². The predicted molar refractivity (Wildman–Crippen MR) is 65.8 cm³/mol. The Morgan fingerprint density at radius 3 is 3.00 bits per heavy atom. The van der Waals surface area contributed by atoms with E-state index in [0.717, 1.165) is 11.8 Å². The molecule has 18 heavy (non-hydrogen) atoms. The van der Waals surface area contributed by atoms with E-state index in [-0.39, 0.29) is 21.3 Å². The van der Waals surface area contributed by atoms with Crippen molar-refractivity contribution in [3.8, 4) is 11.5 Å². The Hall–Kier alpha value is -1.41. The lowest BCUT2D eigenvalue weighted by Gasteiger charge is -1.99. The fraction of sp³-hybridized carbons (Fsp3) is 0.100. The van der Waals surface area contributed by atoms with Crippen molar-refractivity contribution in [2.24, 2.45) is 0 Å². The van der Waals surface area contributed by atoms with Gasteiger partial charge in [-0.2, -0.15) is 0 Å². The number of nitrogens with zero attached hydrogens (tertiary/aromatic N) is 2. The molecule has 0 bridgehead atoms. The van der Waals surface area contributed by atoms with Crippen LogP contribution < -0.4 is 0 Å². The van der Waals surface area contributed by atoms with Crippen LogP contribution in [-0.2, 0) is 4.79 Å². The minimum atomic E-state index is -0.980. The Balaban J connectivity index is 2.24. The summed E-state index contributed by atoms with van der Waals surface area (Å²) < 4.78 is 18.8. The maximum Gasteiger partial charge on any atom is 0.314 e. The van der Waals surface area contributed by atoms with Crippen molar-refractivity contribution in [2.45, 2.75) is 5.22 Å². The molecule has 0 aliphatic rings. The Morgan fingerprint density at radius 1 is 1.50 bits per heavy atom. The Kier molecular flexibility index (Phi) is 3.97. The summed E-state index contributed by atoms with van der Waals surface area (Å²) in [7, 11) is 0. The van der Waals surface area contributed by atoms with Crippen LogP contribution in [0.3, 0.4) is 0 Å². The smallest absolute Gasteiger partial charge is 0.314 e. The average Bonchev–Trinajstić information content (AvgIpc) is 2.78. The number of carboxylic acids is 1. The number of halogens is 2. The summed E-state index contributed by atoms with van der Waals surface area (Å²) in [5.41, 5.74) is 0.421. The van der Waals surface area contributed by atoms with Crippen molar-refractivity contribution in [3.63, 3.8) is 0 Å². The van der Waals surface area contributed by atoms with Gasteiger partial charge in [-0.1, -0.05) is 17.8 Å². The van der Waals surface area contributed by atoms with E-state index >= 15 is 0 Å². The molecule has 2 aromatic rings. The number of benzene rings is 1. The standard InChI is InChI=1S/C10H6BrFN2O3S/c11-8-5(2-1-3-6(8)12)9-13-14-10(17-9)18-4-7(15)16/h1-3H,4H2,(H,15,16). The third-order valence-electron chi connectivity index (χ3n) is 1.91. The quantitative estimate of drug-likeness (QED) is 0.867. The van der Waals surface area contributed by atoms with Gasteiger partial charge in [0.1, 0.15) is 11.6 Å². The normalized spacial score (nSPS) is 10.6. The molecular weight excluding hydrogens is 327 g/mol. The van der Waals surface area contributed by atoms with Gasteiger partial charge in [0.2, 0.25) is 5.89 Å². The minimum absolute atomic E-state index is 0.128. The highest BCUT2D eigenvalue weighted by molar-refractivity contribution is 9.10. The molecule has 0 spiro atoms. The average molecular weight is 333 g/mol. The lowest BCUT2D eigenvalue weighted by molar-refractivity contribution is -0.133. The maximum absolute atomic E-state index is 13.3. The van der Waals surface area contributed by atoms with E-state index in [1.54, 1.807) is 6.07 Å². The summed E-state index contributed by atoms with van der Waals surface area (Å²) in [6.45, 7) is 0. The molecule has 0 amide bonds. The van der Waals surface area contributed by atoms with E-state index in [1.807, 2.05) is 0 Å². The van der Waals surface area contributed by atoms with Crippen molar-refractivity contribution in [1.82, 2.24) is 10.2 Å². The zero-order valence-corrected chi connectivity index (χ0v) is 11.2. The minimum Gasteiger partial charge on any atom is -0.481 e. The number of carbonyl (C=O) groups is 1. The fourth-order valence-electron chi connectivity index (χ4n) is 1.17. The molecule has 5 nitrogen and oxygen atoms in total. The Bertz CT molecular complexity index is 590. The molecule has 0 atom stereocenters. The molecule has 2 rings (SSSR count). The Morgan fingerprint density at radius 2 is 2.28 bits per heavy atom. The van der Waals surface area contributed by atoms with Crippen LogP contribution in [-0.4, -0.2) is 27.0 Å². The number of aromatic nitrogens is 2. The molecule has 1 aromatic carbocycles. The highest BCUT2D eigenvalue weighted by Gasteiger charge is 2.14. The second-order valence-electron chi connectivity index (χ2n) is 3.16. The summed E-state index contributed by atoms with van der Waals surface area (Å²) in [6, 6.07) is 4.43. The molecule has 0 aliphatic carbocycles. The number of hydrogen-bond acceptors (Lipinski definition) is 5. The molecule has 0 radical (unpaired) electrons. The lowest BCUT2D eigenvalue weighted by Crippen LogP contribution is -1.97. The first-order chi connectivity index (χ1) is 8.58. The largest absolute Gasteiger partial charge is 0.481 e. The first-order valence-corrected chi connectivity index (χ1v) is 6.48. The van der Waals surface area contributed by atoms with Crippen LogP contribution in [0.25, 0.3) is 11.5 Å². The molecule has 1 heterocycles. The van der Waals surface area contributed by atoms with Crippen LogP contribution in [0.2, 0.25) is 0 Å². The Labute approximate surface area is 114 Å². The van der Waals surface area contributed by atoms with Gasteiger partial charge in [-0.15, -0.1) is 10.2 Å². The van der Waals surface area contributed by atoms with E-state index < -0.39 is 11.8 Å². The molecule has 1 N–H and O–H groups in total. The predicted octanol–water partition coefficient (Wildman–Crippen LogP) is 2.81. The van der Waals surface area contributed by atoms with Gasteiger partial charge in [0.05, 0.1) is 10.0 Å². The second kappa shape index (κ2) is 5.49. The van der Waals surface area contributed by atoms with E-state index in [0.29, 0.717) is 5.56 Å². The zero-order chi connectivity index (χ0) is 13.1. The van der Waals surface area contributed by atoms with Crippen LogP contribution in [0.1, 0.15) is 0 Å². The van der Waals surface area contributed by atoms with Crippen LogP contribution in [0.4, 0.5) is 4.39 Å². The molecule has 0 fully saturated rings. The third-order valence-corrected chi connectivity index (χ3v) is 3.52. The van der Waals surface area contributed by atoms with E-state index in [1.165, 1.54) is 12.1 Å². The van der Waals surface area contributed by atoms with Gasteiger partial charge < -0.3 is 9.52 Å². The zero-order valence-electron chi connectivity index (χ0n) is 8.76. The summed E-state index contributed by atoms with van der Waals surface area (Å²) in [4.78, 5) is 10.4. The summed E-state index contributed by atoms with van der Waals surface area (Å²) >= 11 is 3.99. The van der Waals surface area contributed by atoms with Crippen molar-refractivity contribution < 1.29 is 18.7 Å². The molecule has 1 aromatic heterocycles. The molecule has 0 saturated heterocycles. The third kappa shape index (κ3) is 2.88. The van der Waals surface area contributed by atoms with Gasteiger partial charge in [-0.25, -0.2) is 4.39 Å². The van der Waals surface area contributed by atoms with E-state index in [4.69, 9.17) is 9.52 Å². The van der Waals surface area contributed by atoms with Crippen LogP contribution >= 0.6 is 27.7 Å². The monoisotopic (exact) mass is 332 g/mol. The molecule has 0 unspecified atom stereocenters. The van der Waals surface area contributed by atoms with Gasteiger partial charge in [0, 0.05) is 0 Å². The van der Waals surface area contributed by atoms with Crippen molar-refractivity contribution >= 4 is 33.7 Å². The number of carboxylic acid groups (broad SMARTS) is 1. The number of rotatable bonds is 4. The summed E-state index contributed by atoms with van der Waals surface area (Å²) in [6.07, 6.45) is 0. The SMILES string of the molecule is O=C(O)CSc1nnc(-c2cccc(F)c2Br)o1. The van der Waals surface area contributed by atoms with Crippen LogP contribution in [0.15, 0.2) is 32.3 Å². The van der Waals surface area contributed by atoms with E-state index in [2.05, 4.69) is 26.1 Å². The molecule has 8 heteroatoms. The van der Waals surface area contributed by atoms with Crippen LogP contribution in [0.5, 0.6) is 0 Å². The van der Waals surface area contributed by atoms with Gasteiger partial charge in [0.25, 0.3) is 5.22 Å². The summed E-state index contributed by atoms with van der Waals surface area (Å²) in [5.74, 6) is -1.46. The molecular formula is C10H6BrFN2O3S. The van der Waals surface area contributed by atoms with Gasteiger partial charge >= 0.3 is 5.97 Å². The van der Waals surface area contributed by atoms with Crippen molar-refractivity contribution in [3.05, 3.63) is 28.5 Å². The second-order valence-corrected chi connectivity index (χ2v) is 4.88. The first kappa shape index (κ1) is 13.0. The lowest BCUT2D eigenvalue weighted by atomic mass is 10.2.